The minimum Gasteiger partial charge on any atom is -0.482 e. The Morgan fingerprint density at radius 1 is 1.26 bits per heavy atom. The Hall–Kier alpha value is -1.64. The predicted octanol–water partition coefficient (Wildman–Crippen LogP) is 0.534. The number of ether oxygens (including phenoxy) is 1. The molecule has 1 unspecified atom stereocenters. The summed E-state index contributed by atoms with van der Waals surface area (Å²) >= 11 is 0. The molecule has 1 aromatic carbocycles. The lowest BCUT2D eigenvalue weighted by molar-refractivity contribution is -0.118. The van der Waals surface area contributed by atoms with Gasteiger partial charge in [0.25, 0.3) is 5.91 Å². The first-order valence-electron chi connectivity index (χ1n) is 7.82. The molecule has 0 bridgehead atoms. The van der Waals surface area contributed by atoms with Crippen LogP contribution in [0.25, 0.3) is 0 Å². The third kappa shape index (κ3) is 2.32. The molecule has 0 saturated carbocycles. The molecule has 1 amide bonds. The van der Waals surface area contributed by atoms with Crippen LogP contribution in [0, 0.1) is 0 Å². The number of nitrogens with zero attached hydrogens (tertiary/aromatic N) is 1. The SMILES string of the molecule is O=C1COc2ccc(S(=O)(=O)N3CCCC34CCNC4)cc2N1. The lowest BCUT2D eigenvalue weighted by atomic mass is 9.97. The van der Waals surface area contributed by atoms with Crippen LogP contribution in [-0.4, -0.2) is 50.4 Å². The summed E-state index contributed by atoms with van der Waals surface area (Å²) in [4.78, 5) is 11.6. The number of rotatable bonds is 2. The van der Waals surface area contributed by atoms with Crippen molar-refractivity contribution in [3.63, 3.8) is 0 Å². The van der Waals surface area contributed by atoms with Crippen LogP contribution in [0.15, 0.2) is 23.1 Å². The van der Waals surface area contributed by atoms with E-state index >= 15 is 0 Å². The maximum absolute atomic E-state index is 13.1. The second-order valence-corrected chi connectivity index (χ2v) is 8.19. The minimum atomic E-state index is -3.59. The van der Waals surface area contributed by atoms with Gasteiger partial charge in [-0.15, -0.1) is 0 Å². The fourth-order valence-electron chi connectivity index (χ4n) is 3.80. The Bertz CT molecular complexity index is 750. The zero-order chi connectivity index (χ0) is 16.1. The molecular formula is C15H19N3O4S. The standard InChI is InChI=1S/C15H19N3O4S/c19-14-9-22-13-3-2-11(8-12(13)17-14)23(20,21)18-7-1-4-15(18)5-6-16-10-15/h2-3,8,16H,1,4-7,9-10H2,(H,17,19). The average Bonchev–Trinajstić information content (AvgIpc) is 3.17. The van der Waals surface area contributed by atoms with Gasteiger partial charge in [-0.05, 0) is 44.0 Å². The highest BCUT2D eigenvalue weighted by Crippen LogP contribution is 2.40. The fourth-order valence-corrected chi connectivity index (χ4v) is 5.68. The zero-order valence-electron chi connectivity index (χ0n) is 12.7. The zero-order valence-corrected chi connectivity index (χ0v) is 13.5. The van der Waals surface area contributed by atoms with E-state index in [0.29, 0.717) is 24.5 Å². The second-order valence-electron chi connectivity index (χ2n) is 6.33. The van der Waals surface area contributed by atoms with Gasteiger partial charge in [-0.25, -0.2) is 8.42 Å². The van der Waals surface area contributed by atoms with Gasteiger partial charge in [0, 0.05) is 18.6 Å². The number of amides is 1. The molecule has 4 rings (SSSR count). The summed E-state index contributed by atoms with van der Waals surface area (Å²) in [5, 5.41) is 5.95. The summed E-state index contributed by atoms with van der Waals surface area (Å²) in [5.74, 6) is 0.229. The Balaban J connectivity index is 1.71. The van der Waals surface area contributed by atoms with Crippen molar-refractivity contribution < 1.29 is 17.9 Å². The third-order valence-electron chi connectivity index (χ3n) is 4.93. The molecular weight excluding hydrogens is 318 g/mol. The first kappa shape index (κ1) is 14.9. The quantitative estimate of drug-likeness (QED) is 0.822. The van der Waals surface area contributed by atoms with Crippen LogP contribution >= 0.6 is 0 Å². The lowest BCUT2D eigenvalue weighted by Crippen LogP contribution is -2.48. The Kier molecular flexibility index (Phi) is 3.36. The van der Waals surface area contributed by atoms with Crippen molar-refractivity contribution in [1.29, 1.82) is 0 Å². The van der Waals surface area contributed by atoms with Crippen molar-refractivity contribution in [2.45, 2.75) is 29.7 Å². The van der Waals surface area contributed by atoms with Crippen LogP contribution in [0.3, 0.4) is 0 Å². The maximum atomic E-state index is 13.1. The molecule has 1 spiro atoms. The third-order valence-corrected chi connectivity index (χ3v) is 6.93. The topological polar surface area (TPSA) is 87.7 Å². The van der Waals surface area contributed by atoms with Crippen molar-refractivity contribution >= 4 is 21.6 Å². The number of hydrogen-bond donors (Lipinski definition) is 2. The van der Waals surface area contributed by atoms with Crippen molar-refractivity contribution in [1.82, 2.24) is 9.62 Å². The molecule has 3 aliphatic rings. The van der Waals surface area contributed by atoms with E-state index in [-0.39, 0.29) is 22.9 Å². The van der Waals surface area contributed by atoms with Gasteiger partial charge in [-0.1, -0.05) is 0 Å². The average molecular weight is 337 g/mol. The number of sulfonamides is 1. The van der Waals surface area contributed by atoms with Gasteiger partial charge in [-0.3, -0.25) is 4.79 Å². The molecule has 2 N–H and O–H groups in total. The van der Waals surface area contributed by atoms with Gasteiger partial charge < -0.3 is 15.4 Å². The monoisotopic (exact) mass is 337 g/mol. The van der Waals surface area contributed by atoms with Gasteiger partial charge in [-0.2, -0.15) is 4.31 Å². The molecule has 1 aromatic rings. The Morgan fingerprint density at radius 3 is 2.91 bits per heavy atom. The van der Waals surface area contributed by atoms with E-state index in [1.165, 1.54) is 6.07 Å². The molecule has 1 atom stereocenters. The summed E-state index contributed by atoms with van der Waals surface area (Å²) in [6.07, 6.45) is 2.62. The van der Waals surface area contributed by atoms with E-state index in [1.807, 2.05) is 0 Å². The molecule has 3 aliphatic heterocycles. The van der Waals surface area contributed by atoms with Crippen molar-refractivity contribution in [3.05, 3.63) is 18.2 Å². The summed E-state index contributed by atoms with van der Waals surface area (Å²) in [5.41, 5.74) is 0.120. The van der Waals surface area contributed by atoms with Crippen LogP contribution in [-0.2, 0) is 14.8 Å². The molecule has 0 aliphatic carbocycles. The largest absolute Gasteiger partial charge is 0.482 e. The maximum Gasteiger partial charge on any atom is 0.262 e. The van der Waals surface area contributed by atoms with E-state index in [9.17, 15) is 13.2 Å². The number of carbonyl (C=O) groups excluding carboxylic acids is 1. The van der Waals surface area contributed by atoms with Crippen molar-refractivity contribution in [2.24, 2.45) is 0 Å². The number of benzene rings is 1. The fraction of sp³-hybridized carbons (Fsp3) is 0.533. The lowest BCUT2D eigenvalue weighted by Gasteiger charge is -2.33. The summed E-state index contributed by atoms with van der Waals surface area (Å²) in [6.45, 7) is 2.06. The van der Waals surface area contributed by atoms with Gasteiger partial charge in [0.2, 0.25) is 10.0 Å². The van der Waals surface area contributed by atoms with Crippen LogP contribution < -0.4 is 15.4 Å². The number of nitrogens with one attached hydrogen (secondary N) is 2. The molecule has 124 valence electrons. The van der Waals surface area contributed by atoms with E-state index < -0.39 is 10.0 Å². The molecule has 0 aromatic heterocycles. The molecule has 3 heterocycles. The van der Waals surface area contributed by atoms with Gasteiger partial charge in [0.1, 0.15) is 5.75 Å². The van der Waals surface area contributed by atoms with Crippen molar-refractivity contribution in [2.75, 3.05) is 31.6 Å². The smallest absolute Gasteiger partial charge is 0.262 e. The summed E-state index contributed by atoms with van der Waals surface area (Å²) in [6, 6.07) is 4.66. The normalized spacial score (nSPS) is 27.7. The summed E-state index contributed by atoms with van der Waals surface area (Å²) < 4.78 is 33.2. The number of carbonyl (C=O) groups is 1. The number of anilines is 1. The Morgan fingerprint density at radius 2 is 2.13 bits per heavy atom. The molecule has 8 heteroatoms. The molecule has 7 nitrogen and oxygen atoms in total. The number of hydrogen-bond acceptors (Lipinski definition) is 5. The van der Waals surface area contributed by atoms with E-state index in [2.05, 4.69) is 10.6 Å². The van der Waals surface area contributed by atoms with E-state index in [1.54, 1.807) is 16.4 Å². The highest BCUT2D eigenvalue weighted by molar-refractivity contribution is 7.89. The van der Waals surface area contributed by atoms with Crippen LogP contribution in [0.2, 0.25) is 0 Å². The van der Waals surface area contributed by atoms with Crippen LogP contribution in [0.1, 0.15) is 19.3 Å². The first-order chi connectivity index (χ1) is 11.0. The molecule has 0 radical (unpaired) electrons. The Labute approximate surface area is 135 Å². The van der Waals surface area contributed by atoms with Gasteiger partial charge in [0.05, 0.1) is 10.6 Å². The highest BCUT2D eigenvalue weighted by atomic mass is 32.2. The first-order valence-corrected chi connectivity index (χ1v) is 9.26. The molecule has 2 fully saturated rings. The van der Waals surface area contributed by atoms with Gasteiger partial charge in [0.15, 0.2) is 6.61 Å². The predicted molar refractivity (Wildman–Crippen MR) is 83.9 cm³/mol. The van der Waals surface area contributed by atoms with Crippen LogP contribution in [0.5, 0.6) is 5.75 Å². The molecule has 23 heavy (non-hydrogen) atoms. The summed E-state index contributed by atoms with van der Waals surface area (Å²) in [7, 11) is -3.59. The van der Waals surface area contributed by atoms with Crippen molar-refractivity contribution in [3.8, 4) is 5.75 Å². The number of fused-ring (bicyclic) bond motifs is 1. The van der Waals surface area contributed by atoms with E-state index in [4.69, 9.17) is 4.74 Å². The van der Waals surface area contributed by atoms with Crippen LogP contribution in [0.4, 0.5) is 5.69 Å². The second kappa shape index (κ2) is 5.19. The van der Waals surface area contributed by atoms with Gasteiger partial charge >= 0.3 is 0 Å². The highest BCUT2D eigenvalue weighted by Gasteiger charge is 2.49. The minimum absolute atomic E-state index is 0.0417. The van der Waals surface area contributed by atoms with E-state index in [0.717, 1.165) is 25.8 Å². The molecule has 2 saturated heterocycles.